The number of fused-ring (bicyclic) bond motifs is 2. The third kappa shape index (κ3) is 1.59. The number of hydrazone groups is 1. The second kappa shape index (κ2) is 3.51. The van der Waals surface area contributed by atoms with Gasteiger partial charge in [-0.1, -0.05) is 12.1 Å². The van der Waals surface area contributed by atoms with E-state index in [0.717, 1.165) is 0 Å². The lowest BCUT2D eigenvalue weighted by Crippen LogP contribution is -2.41. The quantitative estimate of drug-likeness (QED) is 0.745. The molecular weight excluding hydrogens is 224 g/mol. The van der Waals surface area contributed by atoms with Gasteiger partial charge in [0, 0.05) is 6.08 Å². The second-order valence-corrected chi connectivity index (χ2v) is 3.52. The minimum Gasteiger partial charge on any atom is -0.476 e. The van der Waals surface area contributed by atoms with Gasteiger partial charge in [-0.05, 0) is 12.1 Å². The Labute approximate surface area is 96.2 Å². The molecule has 17 heavy (non-hydrogen) atoms. The number of para-hydroxylation sites is 2. The third-order valence-electron chi connectivity index (χ3n) is 2.38. The fourth-order valence-corrected chi connectivity index (χ4v) is 1.60. The van der Waals surface area contributed by atoms with Crippen LogP contribution in [0.25, 0.3) is 0 Å². The Bertz CT molecular complexity index is 550. The highest BCUT2D eigenvalue weighted by Crippen LogP contribution is 2.34. The molecule has 2 aliphatic heterocycles. The van der Waals surface area contributed by atoms with Crippen molar-refractivity contribution in [3.63, 3.8) is 0 Å². The summed E-state index contributed by atoms with van der Waals surface area (Å²) in [4.78, 5) is 10.8. The molecule has 3 rings (SSSR count). The van der Waals surface area contributed by atoms with E-state index in [2.05, 4.69) is 10.5 Å². The number of carboxylic acids is 1. The Morgan fingerprint density at radius 1 is 1.35 bits per heavy atom. The van der Waals surface area contributed by atoms with Gasteiger partial charge in [0.05, 0.1) is 0 Å². The third-order valence-corrected chi connectivity index (χ3v) is 2.38. The predicted octanol–water partition coefficient (Wildman–Crippen LogP) is 0.712. The summed E-state index contributed by atoms with van der Waals surface area (Å²) in [5, 5.41) is 12.5. The predicted molar refractivity (Wildman–Crippen MR) is 57.8 cm³/mol. The zero-order valence-corrected chi connectivity index (χ0v) is 8.58. The largest absolute Gasteiger partial charge is 0.476 e. The van der Waals surface area contributed by atoms with E-state index < -0.39 is 12.2 Å². The molecule has 1 aromatic carbocycles. The van der Waals surface area contributed by atoms with E-state index in [4.69, 9.17) is 14.6 Å². The Kier molecular flexibility index (Phi) is 2.01. The van der Waals surface area contributed by atoms with Gasteiger partial charge in [-0.15, -0.1) is 0 Å². The van der Waals surface area contributed by atoms with E-state index >= 15 is 0 Å². The second-order valence-electron chi connectivity index (χ2n) is 3.52. The summed E-state index contributed by atoms with van der Waals surface area (Å²) >= 11 is 0. The highest BCUT2D eigenvalue weighted by molar-refractivity contribution is 6.40. The van der Waals surface area contributed by atoms with Crippen molar-refractivity contribution in [3.05, 3.63) is 36.1 Å². The molecular formula is C11H8N2O4. The molecule has 0 saturated heterocycles. The van der Waals surface area contributed by atoms with E-state index in [9.17, 15) is 4.79 Å². The van der Waals surface area contributed by atoms with Crippen LogP contribution in [0, 0.1) is 0 Å². The Hall–Kier alpha value is -2.50. The van der Waals surface area contributed by atoms with Gasteiger partial charge >= 0.3 is 5.97 Å². The molecule has 0 bridgehead atoms. The first-order chi connectivity index (χ1) is 8.24. The molecule has 0 fully saturated rings. The zero-order chi connectivity index (χ0) is 11.8. The maximum Gasteiger partial charge on any atom is 0.356 e. The monoisotopic (exact) mass is 232 g/mol. The molecule has 1 atom stereocenters. The van der Waals surface area contributed by atoms with Crippen LogP contribution in [0.2, 0.25) is 0 Å². The number of ether oxygens (including phenoxy) is 2. The molecule has 0 saturated carbocycles. The standard InChI is InChI=1S/C11H8N2O4/c14-11(15)6-5-9-10(13-12-6)17-8-4-2-1-3-7(8)16-9/h1-5,10,13H,(H,14,15). The van der Waals surface area contributed by atoms with Crippen LogP contribution in [-0.2, 0) is 4.79 Å². The number of nitrogens with zero attached hydrogens (tertiary/aromatic N) is 1. The summed E-state index contributed by atoms with van der Waals surface area (Å²) in [5.41, 5.74) is 2.47. The number of carbonyl (C=O) groups is 1. The van der Waals surface area contributed by atoms with Crippen LogP contribution in [0.4, 0.5) is 0 Å². The lowest BCUT2D eigenvalue weighted by Gasteiger charge is -2.29. The molecule has 0 amide bonds. The lowest BCUT2D eigenvalue weighted by molar-refractivity contribution is -0.129. The van der Waals surface area contributed by atoms with E-state index in [1.54, 1.807) is 12.1 Å². The number of nitrogens with one attached hydrogen (secondary N) is 1. The first-order valence-corrected chi connectivity index (χ1v) is 4.96. The molecule has 2 N–H and O–H groups in total. The van der Waals surface area contributed by atoms with Crippen molar-refractivity contribution in [1.29, 1.82) is 0 Å². The van der Waals surface area contributed by atoms with Crippen LogP contribution >= 0.6 is 0 Å². The summed E-state index contributed by atoms with van der Waals surface area (Å²) < 4.78 is 11.1. The van der Waals surface area contributed by atoms with Crippen molar-refractivity contribution in [2.45, 2.75) is 6.23 Å². The van der Waals surface area contributed by atoms with Gasteiger partial charge < -0.3 is 14.6 Å². The SMILES string of the molecule is O=C(O)C1=NNC2Oc3ccccc3OC2=C1. The minimum atomic E-state index is -1.12. The van der Waals surface area contributed by atoms with E-state index in [-0.39, 0.29) is 5.71 Å². The zero-order valence-electron chi connectivity index (χ0n) is 8.58. The number of benzene rings is 1. The van der Waals surface area contributed by atoms with Crippen molar-refractivity contribution in [1.82, 2.24) is 5.43 Å². The van der Waals surface area contributed by atoms with E-state index in [0.29, 0.717) is 17.3 Å². The number of hydrogen-bond acceptors (Lipinski definition) is 5. The topological polar surface area (TPSA) is 80.2 Å². The molecule has 0 radical (unpaired) electrons. The van der Waals surface area contributed by atoms with Crippen molar-refractivity contribution >= 4 is 11.7 Å². The molecule has 2 heterocycles. The number of rotatable bonds is 1. The van der Waals surface area contributed by atoms with Gasteiger partial charge in [-0.2, -0.15) is 5.10 Å². The van der Waals surface area contributed by atoms with Gasteiger partial charge in [-0.3, -0.25) is 5.43 Å². The molecule has 1 unspecified atom stereocenters. The molecule has 86 valence electrons. The van der Waals surface area contributed by atoms with Gasteiger partial charge in [0.2, 0.25) is 6.23 Å². The average Bonchev–Trinajstić information content (AvgIpc) is 2.35. The first-order valence-electron chi connectivity index (χ1n) is 4.96. The maximum atomic E-state index is 10.8. The smallest absolute Gasteiger partial charge is 0.356 e. The van der Waals surface area contributed by atoms with Crippen molar-refractivity contribution in [2.75, 3.05) is 0 Å². The van der Waals surface area contributed by atoms with Crippen molar-refractivity contribution in [2.24, 2.45) is 5.10 Å². The minimum absolute atomic E-state index is 0.112. The highest BCUT2D eigenvalue weighted by atomic mass is 16.6. The molecule has 0 spiro atoms. The normalized spacial score (nSPS) is 20.6. The highest BCUT2D eigenvalue weighted by Gasteiger charge is 2.30. The molecule has 6 heteroatoms. The summed E-state index contributed by atoms with van der Waals surface area (Å²) in [7, 11) is 0. The van der Waals surface area contributed by atoms with Gasteiger partial charge in [0.25, 0.3) is 0 Å². The summed E-state index contributed by atoms with van der Waals surface area (Å²) in [6.45, 7) is 0. The summed E-state index contributed by atoms with van der Waals surface area (Å²) in [6, 6.07) is 7.15. The van der Waals surface area contributed by atoms with Gasteiger partial charge in [0.15, 0.2) is 23.0 Å². The van der Waals surface area contributed by atoms with Crippen LogP contribution < -0.4 is 14.9 Å². The molecule has 0 aromatic heterocycles. The fraction of sp³-hybridized carbons (Fsp3) is 0.0909. The molecule has 2 aliphatic rings. The first kappa shape index (κ1) is 9.71. The van der Waals surface area contributed by atoms with Crippen LogP contribution in [0.5, 0.6) is 11.5 Å². The van der Waals surface area contributed by atoms with Gasteiger partial charge in [0.1, 0.15) is 0 Å². The van der Waals surface area contributed by atoms with E-state index in [1.807, 2.05) is 12.1 Å². The van der Waals surface area contributed by atoms with Crippen LogP contribution in [0.3, 0.4) is 0 Å². The van der Waals surface area contributed by atoms with E-state index in [1.165, 1.54) is 6.08 Å². The fourth-order valence-electron chi connectivity index (χ4n) is 1.60. The van der Waals surface area contributed by atoms with Crippen LogP contribution in [-0.4, -0.2) is 23.0 Å². The van der Waals surface area contributed by atoms with Crippen LogP contribution in [0.1, 0.15) is 0 Å². The number of carboxylic acid groups (broad SMARTS) is 1. The van der Waals surface area contributed by atoms with Crippen molar-refractivity contribution in [3.8, 4) is 11.5 Å². The average molecular weight is 232 g/mol. The Balaban J connectivity index is 1.96. The van der Waals surface area contributed by atoms with Crippen molar-refractivity contribution < 1.29 is 19.4 Å². The Morgan fingerprint density at radius 3 is 2.88 bits per heavy atom. The number of aliphatic carboxylic acids is 1. The maximum absolute atomic E-state index is 10.8. The lowest BCUT2D eigenvalue weighted by atomic mass is 10.2. The van der Waals surface area contributed by atoms with Crippen LogP contribution in [0.15, 0.2) is 41.2 Å². The number of hydrogen-bond donors (Lipinski definition) is 2. The Morgan fingerprint density at radius 2 is 2.12 bits per heavy atom. The van der Waals surface area contributed by atoms with Gasteiger partial charge in [-0.25, -0.2) is 4.79 Å². The molecule has 1 aromatic rings. The molecule has 0 aliphatic carbocycles. The molecule has 6 nitrogen and oxygen atoms in total. The summed E-state index contributed by atoms with van der Waals surface area (Å²) in [6.07, 6.45) is 0.771. The summed E-state index contributed by atoms with van der Waals surface area (Å²) in [5.74, 6) is 0.418.